The average molecular weight is 456 g/mol. The molecule has 0 saturated carbocycles. The minimum Gasteiger partial charge on any atom is -0.506 e. The van der Waals surface area contributed by atoms with Crippen LogP contribution in [0.2, 0.25) is 5.02 Å². The standard InChI is InChI=1S/C22H18ClN3O2S2/c1-12-3-8-17(27)16(9-12)26-18(28)10-29-21-20-19(14-4-6-15(23)7-5-14)13(2)30-22(20)25-11-24-21/h3-9,11,27H,10H2,1-2H3,(H,26,28). The lowest BCUT2D eigenvalue weighted by molar-refractivity contribution is -0.113. The van der Waals surface area contributed by atoms with Crippen molar-refractivity contribution in [2.45, 2.75) is 18.9 Å². The van der Waals surface area contributed by atoms with Gasteiger partial charge in [-0.15, -0.1) is 11.3 Å². The Bertz CT molecular complexity index is 1240. The third-order valence-corrected chi connectivity index (χ3v) is 6.78. The number of carbonyl (C=O) groups excluding carboxylic acids is 1. The Morgan fingerprint density at radius 2 is 1.93 bits per heavy atom. The van der Waals surface area contributed by atoms with Crippen LogP contribution in [0.4, 0.5) is 5.69 Å². The second kappa shape index (κ2) is 8.63. The summed E-state index contributed by atoms with van der Waals surface area (Å²) in [5.41, 5.74) is 3.46. The van der Waals surface area contributed by atoms with Crippen molar-refractivity contribution < 1.29 is 9.90 Å². The number of benzene rings is 2. The molecule has 0 spiro atoms. The first-order valence-corrected chi connectivity index (χ1v) is 11.3. The molecule has 1 amide bonds. The molecular weight excluding hydrogens is 438 g/mol. The van der Waals surface area contributed by atoms with Crippen LogP contribution >= 0.6 is 34.7 Å². The second-order valence-electron chi connectivity index (χ2n) is 6.76. The molecule has 5 nitrogen and oxygen atoms in total. The van der Waals surface area contributed by atoms with Crippen LogP contribution in [0.1, 0.15) is 10.4 Å². The zero-order valence-corrected chi connectivity index (χ0v) is 18.7. The SMILES string of the molecule is Cc1ccc(O)c(NC(=O)CSc2ncnc3sc(C)c(-c4ccc(Cl)cc4)c23)c1. The van der Waals surface area contributed by atoms with Crippen LogP contribution in [-0.4, -0.2) is 26.7 Å². The predicted octanol–water partition coefficient (Wildman–Crippen LogP) is 6.06. The van der Waals surface area contributed by atoms with E-state index >= 15 is 0 Å². The number of carbonyl (C=O) groups is 1. The minimum absolute atomic E-state index is 0.0434. The van der Waals surface area contributed by atoms with E-state index in [0.717, 1.165) is 36.8 Å². The molecule has 4 rings (SSSR count). The lowest BCUT2D eigenvalue weighted by Gasteiger charge is -2.09. The molecule has 0 atom stereocenters. The summed E-state index contributed by atoms with van der Waals surface area (Å²) in [6.07, 6.45) is 1.52. The Balaban J connectivity index is 1.61. The number of nitrogens with zero attached hydrogens (tertiary/aromatic N) is 2. The summed E-state index contributed by atoms with van der Waals surface area (Å²) in [5, 5.41) is 15.1. The fraction of sp³-hybridized carbons (Fsp3) is 0.136. The first-order valence-electron chi connectivity index (χ1n) is 9.14. The number of halogens is 1. The van der Waals surface area contributed by atoms with Gasteiger partial charge in [0.05, 0.1) is 16.8 Å². The molecule has 0 fully saturated rings. The number of anilines is 1. The van der Waals surface area contributed by atoms with Crippen LogP contribution in [0, 0.1) is 13.8 Å². The Morgan fingerprint density at radius 3 is 2.70 bits per heavy atom. The van der Waals surface area contributed by atoms with Gasteiger partial charge < -0.3 is 10.4 Å². The lowest BCUT2D eigenvalue weighted by Crippen LogP contribution is -2.14. The van der Waals surface area contributed by atoms with Gasteiger partial charge in [-0.05, 0) is 49.2 Å². The van der Waals surface area contributed by atoms with E-state index in [0.29, 0.717) is 10.7 Å². The zero-order valence-electron chi connectivity index (χ0n) is 16.3. The second-order valence-corrected chi connectivity index (χ2v) is 9.36. The summed E-state index contributed by atoms with van der Waals surface area (Å²) < 4.78 is 0. The number of thiophene rings is 1. The van der Waals surface area contributed by atoms with Crippen LogP contribution in [-0.2, 0) is 4.79 Å². The van der Waals surface area contributed by atoms with Gasteiger partial charge in [-0.1, -0.05) is 41.6 Å². The van der Waals surface area contributed by atoms with E-state index in [2.05, 4.69) is 22.2 Å². The van der Waals surface area contributed by atoms with Crippen molar-refractivity contribution in [1.29, 1.82) is 0 Å². The molecule has 2 heterocycles. The normalized spacial score (nSPS) is 11.0. The van der Waals surface area contributed by atoms with Gasteiger partial charge in [0.1, 0.15) is 21.9 Å². The molecule has 2 aromatic carbocycles. The first-order chi connectivity index (χ1) is 14.4. The van der Waals surface area contributed by atoms with E-state index in [9.17, 15) is 9.90 Å². The smallest absolute Gasteiger partial charge is 0.234 e. The number of phenols is 1. The van der Waals surface area contributed by atoms with Crippen LogP contribution in [0.15, 0.2) is 53.8 Å². The maximum atomic E-state index is 12.5. The number of amides is 1. The van der Waals surface area contributed by atoms with Crippen molar-refractivity contribution in [3.63, 3.8) is 0 Å². The number of nitrogens with one attached hydrogen (secondary N) is 1. The topological polar surface area (TPSA) is 75.1 Å². The molecule has 0 unspecified atom stereocenters. The lowest BCUT2D eigenvalue weighted by atomic mass is 10.0. The third-order valence-electron chi connectivity index (χ3n) is 4.53. The summed E-state index contributed by atoms with van der Waals surface area (Å²) >= 11 is 9.00. The highest BCUT2D eigenvalue weighted by molar-refractivity contribution is 8.00. The van der Waals surface area contributed by atoms with Crippen LogP contribution in [0.25, 0.3) is 21.3 Å². The molecule has 0 radical (unpaired) electrons. The van der Waals surface area contributed by atoms with Gasteiger partial charge >= 0.3 is 0 Å². The number of phenolic OH excluding ortho intramolecular Hbond substituents is 1. The van der Waals surface area contributed by atoms with E-state index in [1.165, 1.54) is 18.1 Å². The largest absolute Gasteiger partial charge is 0.506 e. The number of aromatic hydroxyl groups is 1. The van der Waals surface area contributed by atoms with E-state index in [-0.39, 0.29) is 17.4 Å². The van der Waals surface area contributed by atoms with Crippen molar-refractivity contribution in [3.8, 4) is 16.9 Å². The molecule has 0 bridgehead atoms. The Morgan fingerprint density at radius 1 is 1.17 bits per heavy atom. The van der Waals surface area contributed by atoms with Crippen molar-refractivity contribution in [1.82, 2.24) is 9.97 Å². The van der Waals surface area contributed by atoms with Gasteiger partial charge in [-0.3, -0.25) is 4.79 Å². The van der Waals surface area contributed by atoms with Gasteiger partial charge in [-0.25, -0.2) is 9.97 Å². The number of thioether (sulfide) groups is 1. The van der Waals surface area contributed by atoms with Gasteiger partial charge in [0.2, 0.25) is 5.91 Å². The monoisotopic (exact) mass is 455 g/mol. The van der Waals surface area contributed by atoms with Gasteiger partial charge in [-0.2, -0.15) is 0 Å². The number of aryl methyl sites for hydroxylation is 2. The minimum atomic E-state index is -0.215. The summed E-state index contributed by atoms with van der Waals surface area (Å²) in [5.74, 6) is -0.0106. The highest BCUT2D eigenvalue weighted by Crippen LogP contribution is 2.41. The van der Waals surface area contributed by atoms with Crippen LogP contribution in [0.5, 0.6) is 5.75 Å². The van der Waals surface area contributed by atoms with E-state index < -0.39 is 0 Å². The summed E-state index contributed by atoms with van der Waals surface area (Å²) in [7, 11) is 0. The van der Waals surface area contributed by atoms with E-state index in [1.54, 1.807) is 29.5 Å². The quantitative estimate of drug-likeness (QED) is 0.217. The molecule has 2 aromatic heterocycles. The third kappa shape index (κ3) is 4.28. The Labute approximate surface area is 187 Å². The molecule has 30 heavy (non-hydrogen) atoms. The molecule has 4 aromatic rings. The summed E-state index contributed by atoms with van der Waals surface area (Å²) in [6.45, 7) is 3.95. The molecular formula is C22H18ClN3O2S2. The van der Waals surface area contributed by atoms with Crippen molar-refractivity contribution in [2.24, 2.45) is 0 Å². The van der Waals surface area contributed by atoms with Crippen molar-refractivity contribution >= 4 is 56.5 Å². The predicted molar refractivity (Wildman–Crippen MR) is 125 cm³/mol. The number of fused-ring (bicyclic) bond motifs is 1. The van der Waals surface area contributed by atoms with Crippen LogP contribution in [0.3, 0.4) is 0 Å². The fourth-order valence-electron chi connectivity index (χ4n) is 3.16. The molecule has 2 N–H and O–H groups in total. The van der Waals surface area contributed by atoms with Crippen molar-refractivity contribution in [2.75, 3.05) is 11.1 Å². The zero-order chi connectivity index (χ0) is 21.3. The summed E-state index contributed by atoms with van der Waals surface area (Å²) in [4.78, 5) is 23.3. The van der Waals surface area contributed by atoms with E-state index in [4.69, 9.17) is 11.6 Å². The summed E-state index contributed by atoms with van der Waals surface area (Å²) in [6, 6.07) is 12.8. The van der Waals surface area contributed by atoms with Crippen molar-refractivity contribution in [3.05, 3.63) is 64.3 Å². The van der Waals surface area contributed by atoms with Gasteiger partial charge in [0.15, 0.2) is 0 Å². The number of rotatable bonds is 5. The highest BCUT2D eigenvalue weighted by Gasteiger charge is 2.18. The van der Waals surface area contributed by atoms with Crippen LogP contribution < -0.4 is 5.32 Å². The van der Waals surface area contributed by atoms with Gasteiger partial charge in [0.25, 0.3) is 0 Å². The maximum Gasteiger partial charge on any atom is 0.234 e. The molecule has 152 valence electrons. The fourth-order valence-corrected chi connectivity index (χ4v) is 5.17. The Kier molecular flexibility index (Phi) is 5.94. The average Bonchev–Trinajstić information content (AvgIpc) is 3.06. The molecule has 0 aliphatic rings. The highest BCUT2D eigenvalue weighted by atomic mass is 35.5. The first kappa shape index (κ1) is 20.7. The van der Waals surface area contributed by atoms with Gasteiger partial charge in [0, 0.05) is 15.5 Å². The number of hydrogen-bond acceptors (Lipinski definition) is 6. The van der Waals surface area contributed by atoms with E-state index in [1.807, 2.05) is 31.2 Å². The Hall–Kier alpha value is -2.61. The molecule has 0 aliphatic carbocycles. The molecule has 0 saturated heterocycles. The number of hydrogen-bond donors (Lipinski definition) is 2. The molecule has 0 aliphatic heterocycles. The molecule has 8 heteroatoms. The maximum absolute atomic E-state index is 12.5. The number of aromatic nitrogens is 2.